The molecule has 3 rings (SSSR count). The van der Waals surface area contributed by atoms with Crippen LogP contribution in [0.2, 0.25) is 0 Å². The number of allylic oxidation sites excluding steroid dienone is 2. The van der Waals surface area contributed by atoms with Gasteiger partial charge in [-0.05, 0) is 35.4 Å². The molecule has 1 amide bonds. The molecule has 0 bridgehead atoms. The van der Waals surface area contributed by atoms with Gasteiger partial charge in [0.1, 0.15) is 17.3 Å². The summed E-state index contributed by atoms with van der Waals surface area (Å²) in [5.41, 5.74) is 8.59. The van der Waals surface area contributed by atoms with Gasteiger partial charge >= 0.3 is 0 Å². The lowest BCUT2D eigenvalue weighted by Gasteiger charge is -2.12. The normalized spacial score (nSPS) is 16.0. The number of benzene rings is 1. The average Bonchev–Trinajstić information content (AvgIpc) is 2.65. The van der Waals surface area contributed by atoms with Crippen molar-refractivity contribution >= 4 is 23.5 Å². The molecule has 1 aromatic heterocycles. The molecule has 6 heteroatoms. The van der Waals surface area contributed by atoms with Crippen LogP contribution in [0.15, 0.2) is 59.9 Å². The van der Waals surface area contributed by atoms with Crippen molar-refractivity contribution < 1.29 is 9.90 Å². The maximum absolute atomic E-state index is 11.4. The first-order valence-electron chi connectivity index (χ1n) is 7.31. The minimum atomic E-state index is -0.613. The van der Waals surface area contributed by atoms with Crippen LogP contribution in [-0.2, 0) is 4.79 Å². The first-order chi connectivity index (χ1) is 11.5. The molecule has 0 radical (unpaired) electrons. The first kappa shape index (κ1) is 15.5. The van der Waals surface area contributed by atoms with Crippen LogP contribution >= 0.6 is 0 Å². The Balaban J connectivity index is 2.07. The first-order valence-corrected chi connectivity index (χ1v) is 7.31. The van der Waals surface area contributed by atoms with E-state index in [4.69, 9.17) is 5.73 Å². The van der Waals surface area contributed by atoms with Gasteiger partial charge in [-0.15, -0.1) is 0 Å². The van der Waals surface area contributed by atoms with Gasteiger partial charge in [0.15, 0.2) is 0 Å². The van der Waals surface area contributed by atoms with E-state index in [0.717, 1.165) is 16.7 Å². The number of nitrogens with zero attached hydrogens (tertiary/aromatic N) is 2. The highest BCUT2D eigenvalue weighted by molar-refractivity contribution is 5.97. The number of anilines is 1. The number of phenols is 1. The topological polar surface area (TPSA) is 101 Å². The van der Waals surface area contributed by atoms with Crippen LogP contribution in [0.3, 0.4) is 0 Å². The second-order valence-corrected chi connectivity index (χ2v) is 5.28. The number of aliphatic imine (C=N–C) groups is 1. The van der Waals surface area contributed by atoms with E-state index in [2.05, 4.69) is 21.9 Å². The van der Waals surface area contributed by atoms with E-state index in [1.807, 2.05) is 6.07 Å². The van der Waals surface area contributed by atoms with Crippen molar-refractivity contribution in [2.75, 3.05) is 11.9 Å². The molecule has 6 nitrogen and oxygen atoms in total. The van der Waals surface area contributed by atoms with E-state index in [1.54, 1.807) is 42.8 Å². The Morgan fingerprint density at radius 1 is 1.25 bits per heavy atom. The van der Waals surface area contributed by atoms with Crippen LogP contribution in [0.4, 0.5) is 5.82 Å². The van der Waals surface area contributed by atoms with Crippen molar-refractivity contribution in [3.05, 3.63) is 60.4 Å². The second-order valence-electron chi connectivity index (χ2n) is 5.28. The predicted molar refractivity (Wildman–Crippen MR) is 94.6 cm³/mol. The summed E-state index contributed by atoms with van der Waals surface area (Å²) in [4.78, 5) is 19.9. The third kappa shape index (κ3) is 3.17. The third-order valence-electron chi connectivity index (χ3n) is 3.59. The number of amides is 1. The molecule has 1 aliphatic rings. The Morgan fingerprint density at radius 3 is 2.71 bits per heavy atom. The van der Waals surface area contributed by atoms with Crippen molar-refractivity contribution in [2.45, 2.75) is 0 Å². The molecule has 120 valence electrons. The molecule has 1 aromatic carbocycles. The third-order valence-corrected chi connectivity index (χ3v) is 3.59. The van der Waals surface area contributed by atoms with Crippen molar-refractivity contribution in [3.63, 3.8) is 0 Å². The molecule has 1 aliphatic heterocycles. The zero-order valence-electron chi connectivity index (χ0n) is 12.9. The molecule has 0 atom stereocenters. The highest BCUT2D eigenvalue weighted by atomic mass is 16.3. The summed E-state index contributed by atoms with van der Waals surface area (Å²) in [6.07, 6.45) is 4.85. The number of hydrogen-bond acceptors (Lipinski definition) is 5. The van der Waals surface area contributed by atoms with Crippen molar-refractivity contribution in [1.82, 2.24) is 4.98 Å². The van der Waals surface area contributed by atoms with Gasteiger partial charge in [-0.25, -0.2) is 4.98 Å². The molecule has 0 saturated heterocycles. The summed E-state index contributed by atoms with van der Waals surface area (Å²) < 4.78 is 0. The standard InChI is InChI=1S/C18H16N4O2/c1-11-8-16(17(19)24)20-6-7-21-18-15(11)9-13(10-22-18)12-2-4-14(23)5-3-12/h2-6,8-10,23H,1,7H2,(H2,19,24)(H,21,22)/b16-8-,20-6?. The Kier molecular flexibility index (Phi) is 4.11. The van der Waals surface area contributed by atoms with Gasteiger partial charge in [0.2, 0.25) is 0 Å². The molecule has 0 spiro atoms. The molecular weight excluding hydrogens is 304 g/mol. The lowest BCUT2D eigenvalue weighted by atomic mass is 10.0. The average molecular weight is 320 g/mol. The Morgan fingerprint density at radius 2 is 2.00 bits per heavy atom. The number of aromatic hydroxyl groups is 1. The lowest BCUT2D eigenvalue weighted by Crippen LogP contribution is -2.13. The van der Waals surface area contributed by atoms with Crippen molar-refractivity contribution in [3.8, 4) is 16.9 Å². The summed E-state index contributed by atoms with van der Waals surface area (Å²) >= 11 is 0. The lowest BCUT2D eigenvalue weighted by molar-refractivity contribution is -0.114. The molecule has 0 aliphatic carbocycles. The van der Waals surface area contributed by atoms with Crippen molar-refractivity contribution in [2.24, 2.45) is 10.7 Å². The molecule has 0 unspecified atom stereocenters. The predicted octanol–water partition coefficient (Wildman–Crippen LogP) is 2.33. The van der Waals surface area contributed by atoms with E-state index in [0.29, 0.717) is 17.9 Å². The number of fused-ring (bicyclic) bond motifs is 1. The molecule has 4 N–H and O–H groups in total. The molecule has 0 fully saturated rings. The summed E-state index contributed by atoms with van der Waals surface area (Å²) in [6, 6.07) is 8.76. The fourth-order valence-electron chi connectivity index (χ4n) is 2.36. The fraction of sp³-hybridized carbons (Fsp3) is 0.0556. The number of phenolic OH excluding ortho intramolecular Hbond substituents is 1. The Bertz CT molecular complexity index is 867. The highest BCUT2D eigenvalue weighted by Gasteiger charge is 2.12. The zero-order valence-corrected chi connectivity index (χ0v) is 12.9. The number of hydrogen-bond donors (Lipinski definition) is 3. The smallest absolute Gasteiger partial charge is 0.267 e. The van der Waals surface area contributed by atoms with Gasteiger partial charge in [0.25, 0.3) is 5.91 Å². The maximum Gasteiger partial charge on any atom is 0.267 e. The number of pyridine rings is 1. The molecule has 2 heterocycles. The maximum atomic E-state index is 11.4. The summed E-state index contributed by atoms with van der Waals surface area (Å²) in [5.74, 6) is 0.237. The van der Waals surface area contributed by atoms with E-state index in [9.17, 15) is 9.90 Å². The Labute approximate surface area is 139 Å². The van der Waals surface area contributed by atoms with E-state index in [1.165, 1.54) is 0 Å². The number of aromatic nitrogens is 1. The second kappa shape index (κ2) is 6.37. The van der Waals surface area contributed by atoms with Crippen LogP contribution in [0.5, 0.6) is 5.75 Å². The van der Waals surface area contributed by atoms with Gasteiger partial charge in [0, 0.05) is 23.5 Å². The van der Waals surface area contributed by atoms with E-state index < -0.39 is 5.91 Å². The molecule has 0 saturated carbocycles. The largest absolute Gasteiger partial charge is 0.508 e. The number of nitrogens with one attached hydrogen (secondary N) is 1. The van der Waals surface area contributed by atoms with Crippen LogP contribution < -0.4 is 11.1 Å². The van der Waals surface area contributed by atoms with E-state index in [-0.39, 0.29) is 11.4 Å². The SMILES string of the molecule is C=C1/C=C(/C(N)=O)N=CCNc2ncc(-c3ccc(O)cc3)cc21. The van der Waals surface area contributed by atoms with Gasteiger partial charge in [-0.3, -0.25) is 9.79 Å². The van der Waals surface area contributed by atoms with E-state index >= 15 is 0 Å². The fourth-order valence-corrected chi connectivity index (χ4v) is 2.36. The zero-order chi connectivity index (χ0) is 17.1. The summed E-state index contributed by atoms with van der Waals surface area (Å²) in [5, 5.41) is 12.5. The van der Waals surface area contributed by atoms with Crippen LogP contribution in [0.25, 0.3) is 16.7 Å². The van der Waals surface area contributed by atoms with Gasteiger partial charge in [0.05, 0.1) is 6.54 Å². The number of nitrogens with two attached hydrogens (primary N) is 1. The highest BCUT2D eigenvalue weighted by Crippen LogP contribution is 2.29. The van der Waals surface area contributed by atoms with Crippen LogP contribution in [-0.4, -0.2) is 28.8 Å². The molecule has 2 aromatic rings. The Hall–Kier alpha value is -3.41. The quantitative estimate of drug-likeness (QED) is 0.790. The summed E-state index contributed by atoms with van der Waals surface area (Å²) in [6.45, 7) is 4.42. The number of rotatable bonds is 2. The minimum Gasteiger partial charge on any atom is -0.508 e. The van der Waals surface area contributed by atoms with Crippen LogP contribution in [0, 0.1) is 0 Å². The molecule has 24 heavy (non-hydrogen) atoms. The summed E-state index contributed by atoms with van der Waals surface area (Å²) in [7, 11) is 0. The number of carbonyl (C=O) groups is 1. The van der Waals surface area contributed by atoms with Gasteiger partial charge in [-0.1, -0.05) is 18.7 Å². The monoisotopic (exact) mass is 320 g/mol. The van der Waals surface area contributed by atoms with Gasteiger partial charge in [-0.2, -0.15) is 0 Å². The van der Waals surface area contributed by atoms with Gasteiger partial charge < -0.3 is 16.2 Å². The number of carbonyl (C=O) groups excluding carboxylic acids is 1. The molecular formula is C18H16N4O2. The number of primary amides is 1. The minimum absolute atomic E-state index is 0.143. The van der Waals surface area contributed by atoms with Crippen LogP contribution in [0.1, 0.15) is 5.56 Å². The van der Waals surface area contributed by atoms with Crippen molar-refractivity contribution in [1.29, 1.82) is 0 Å².